The molecule has 0 radical (unpaired) electrons. The number of aromatic nitrogens is 6. The van der Waals surface area contributed by atoms with Crippen molar-refractivity contribution in [1.82, 2.24) is 29.8 Å². The third kappa shape index (κ3) is 2.94. The van der Waals surface area contributed by atoms with Gasteiger partial charge in [0.15, 0.2) is 11.5 Å². The zero-order valence-corrected chi connectivity index (χ0v) is 14.8. The van der Waals surface area contributed by atoms with Crippen molar-refractivity contribution in [2.45, 2.75) is 6.42 Å². The molecule has 3 aromatic heterocycles. The summed E-state index contributed by atoms with van der Waals surface area (Å²) in [4.78, 5) is 7.87. The smallest absolute Gasteiger partial charge is 0.188 e. The molecule has 0 saturated carbocycles. The van der Waals surface area contributed by atoms with E-state index in [2.05, 4.69) is 30.6 Å². The Kier molecular flexibility index (Phi) is 3.93. The van der Waals surface area contributed by atoms with E-state index in [1.807, 2.05) is 30.3 Å². The minimum Gasteiger partial charge on any atom is -0.368 e. The van der Waals surface area contributed by atoms with Gasteiger partial charge in [-0.25, -0.2) is 9.37 Å². The highest BCUT2D eigenvalue weighted by atomic mass is 19.1. The zero-order chi connectivity index (χ0) is 18.9. The van der Waals surface area contributed by atoms with Crippen LogP contribution in [-0.2, 0) is 6.42 Å². The van der Waals surface area contributed by atoms with E-state index < -0.39 is 0 Å². The Morgan fingerprint density at radius 1 is 0.964 bits per heavy atom. The Balaban J connectivity index is 1.36. The number of H-pyrrole nitrogens is 1. The Hall–Kier alpha value is -3.81. The number of aromatic amines is 1. The van der Waals surface area contributed by atoms with Crippen LogP contribution in [0.5, 0.6) is 0 Å². The number of hydrogen-bond acceptors (Lipinski definition) is 5. The molecule has 5 aromatic rings. The molecule has 0 saturated heterocycles. The zero-order valence-electron chi connectivity index (χ0n) is 14.8. The lowest BCUT2D eigenvalue weighted by Gasteiger charge is -2.06. The molecule has 0 aliphatic carbocycles. The summed E-state index contributed by atoms with van der Waals surface area (Å²) in [5.41, 5.74) is 2.90. The van der Waals surface area contributed by atoms with Crippen molar-refractivity contribution in [3.05, 3.63) is 72.3 Å². The highest BCUT2D eigenvalue weighted by Crippen LogP contribution is 2.21. The SMILES string of the molecule is Fc1ccccc1-c1nnc2ccc(NCCc3nc4ccccc4[nH]3)nn12. The largest absolute Gasteiger partial charge is 0.368 e. The minimum absolute atomic E-state index is 0.359. The maximum absolute atomic E-state index is 14.1. The average Bonchev–Trinajstić information content (AvgIpc) is 3.32. The van der Waals surface area contributed by atoms with E-state index in [1.54, 1.807) is 28.8 Å². The van der Waals surface area contributed by atoms with E-state index in [0.717, 1.165) is 23.3 Å². The normalized spacial score (nSPS) is 11.3. The molecule has 7 nitrogen and oxygen atoms in total. The molecule has 0 aliphatic heterocycles. The summed E-state index contributed by atoms with van der Waals surface area (Å²) >= 11 is 0. The van der Waals surface area contributed by atoms with Gasteiger partial charge in [-0.15, -0.1) is 15.3 Å². The molecule has 0 atom stereocenters. The molecule has 0 fully saturated rings. The first-order chi connectivity index (χ1) is 13.8. The van der Waals surface area contributed by atoms with Crippen molar-refractivity contribution >= 4 is 22.5 Å². The van der Waals surface area contributed by atoms with Crippen LogP contribution in [0, 0.1) is 5.82 Å². The molecule has 2 aromatic carbocycles. The molecule has 8 heteroatoms. The van der Waals surface area contributed by atoms with Crippen LogP contribution in [0.1, 0.15) is 5.82 Å². The van der Waals surface area contributed by atoms with Crippen LogP contribution in [0.15, 0.2) is 60.7 Å². The second kappa shape index (κ2) is 6.73. The number of nitrogens with one attached hydrogen (secondary N) is 2. The lowest BCUT2D eigenvalue weighted by atomic mass is 10.2. The molecule has 0 bridgehead atoms. The molecular formula is C20H16FN7. The van der Waals surface area contributed by atoms with Crippen LogP contribution in [0.4, 0.5) is 10.2 Å². The fourth-order valence-corrected chi connectivity index (χ4v) is 3.13. The maximum Gasteiger partial charge on any atom is 0.188 e. The van der Waals surface area contributed by atoms with Gasteiger partial charge in [-0.1, -0.05) is 24.3 Å². The first-order valence-electron chi connectivity index (χ1n) is 8.93. The van der Waals surface area contributed by atoms with Crippen molar-refractivity contribution in [3.8, 4) is 11.4 Å². The molecule has 3 heterocycles. The summed E-state index contributed by atoms with van der Waals surface area (Å²) in [7, 11) is 0. The molecule has 5 rings (SSSR count). The first kappa shape index (κ1) is 16.4. The number of para-hydroxylation sites is 2. The van der Waals surface area contributed by atoms with Gasteiger partial charge in [0.2, 0.25) is 0 Å². The van der Waals surface area contributed by atoms with Crippen LogP contribution >= 0.6 is 0 Å². The number of imidazole rings is 1. The van der Waals surface area contributed by atoms with Crippen molar-refractivity contribution in [3.63, 3.8) is 0 Å². The molecule has 0 amide bonds. The summed E-state index contributed by atoms with van der Waals surface area (Å²) in [6.07, 6.45) is 0.719. The number of hydrogen-bond donors (Lipinski definition) is 2. The lowest BCUT2D eigenvalue weighted by molar-refractivity contribution is 0.629. The summed E-state index contributed by atoms with van der Waals surface area (Å²) in [6, 6.07) is 18.0. The van der Waals surface area contributed by atoms with Crippen LogP contribution in [0.25, 0.3) is 28.1 Å². The van der Waals surface area contributed by atoms with Gasteiger partial charge in [-0.05, 0) is 36.4 Å². The van der Waals surface area contributed by atoms with Gasteiger partial charge < -0.3 is 10.3 Å². The van der Waals surface area contributed by atoms with Crippen LogP contribution < -0.4 is 5.32 Å². The van der Waals surface area contributed by atoms with Crippen molar-refractivity contribution in [1.29, 1.82) is 0 Å². The highest BCUT2D eigenvalue weighted by Gasteiger charge is 2.13. The predicted molar refractivity (Wildman–Crippen MR) is 104 cm³/mol. The van der Waals surface area contributed by atoms with Crippen LogP contribution in [0.3, 0.4) is 0 Å². The summed E-state index contributed by atoms with van der Waals surface area (Å²) in [5.74, 6) is 1.57. The van der Waals surface area contributed by atoms with Gasteiger partial charge in [0.1, 0.15) is 17.5 Å². The fourth-order valence-electron chi connectivity index (χ4n) is 3.13. The average molecular weight is 373 g/mol. The molecule has 0 aliphatic rings. The molecule has 138 valence electrons. The number of benzene rings is 2. The quantitative estimate of drug-likeness (QED) is 0.493. The number of fused-ring (bicyclic) bond motifs is 2. The summed E-state index contributed by atoms with van der Waals surface area (Å²) in [6.45, 7) is 0.648. The number of nitrogens with zero attached hydrogens (tertiary/aromatic N) is 5. The van der Waals surface area contributed by atoms with Crippen molar-refractivity contribution in [2.24, 2.45) is 0 Å². The van der Waals surface area contributed by atoms with Gasteiger partial charge in [0.25, 0.3) is 0 Å². The molecule has 0 spiro atoms. The first-order valence-corrected chi connectivity index (χ1v) is 8.93. The highest BCUT2D eigenvalue weighted by molar-refractivity contribution is 5.74. The van der Waals surface area contributed by atoms with E-state index in [1.165, 1.54) is 6.07 Å². The number of rotatable bonds is 5. The molecule has 0 unspecified atom stereocenters. The standard InChI is InChI=1S/C20H16FN7/c21-14-6-2-1-5-13(14)20-26-25-19-10-9-17(27-28(19)20)22-12-11-18-23-15-7-3-4-8-16(15)24-18/h1-10H,11-12H2,(H,22,27)(H,23,24). The van der Waals surface area contributed by atoms with E-state index >= 15 is 0 Å². The van der Waals surface area contributed by atoms with E-state index in [-0.39, 0.29) is 5.82 Å². The van der Waals surface area contributed by atoms with Gasteiger partial charge in [0.05, 0.1) is 16.6 Å². The Bertz CT molecular complexity index is 1240. The minimum atomic E-state index is -0.359. The molecular weight excluding hydrogens is 357 g/mol. The predicted octanol–water partition coefficient (Wildman–Crippen LogP) is 3.46. The van der Waals surface area contributed by atoms with E-state index in [0.29, 0.717) is 29.4 Å². The Morgan fingerprint density at radius 3 is 2.71 bits per heavy atom. The van der Waals surface area contributed by atoms with Crippen molar-refractivity contribution in [2.75, 3.05) is 11.9 Å². The second-order valence-corrected chi connectivity index (χ2v) is 6.37. The molecule has 2 N–H and O–H groups in total. The van der Waals surface area contributed by atoms with Crippen LogP contribution in [-0.4, -0.2) is 36.3 Å². The third-order valence-electron chi connectivity index (χ3n) is 4.48. The maximum atomic E-state index is 14.1. The molecule has 28 heavy (non-hydrogen) atoms. The lowest BCUT2D eigenvalue weighted by Crippen LogP contribution is -2.09. The summed E-state index contributed by atoms with van der Waals surface area (Å²) < 4.78 is 15.7. The topological polar surface area (TPSA) is 83.8 Å². The number of anilines is 1. The Labute approximate surface area is 159 Å². The van der Waals surface area contributed by atoms with Gasteiger partial charge in [0, 0.05) is 13.0 Å². The van der Waals surface area contributed by atoms with Crippen molar-refractivity contribution < 1.29 is 4.39 Å². The summed E-state index contributed by atoms with van der Waals surface area (Å²) in [5, 5.41) is 15.9. The monoisotopic (exact) mass is 373 g/mol. The number of halogens is 1. The van der Waals surface area contributed by atoms with Gasteiger partial charge >= 0.3 is 0 Å². The van der Waals surface area contributed by atoms with Gasteiger partial charge in [-0.2, -0.15) is 4.52 Å². The Morgan fingerprint density at radius 2 is 1.82 bits per heavy atom. The van der Waals surface area contributed by atoms with E-state index in [9.17, 15) is 4.39 Å². The van der Waals surface area contributed by atoms with E-state index in [4.69, 9.17) is 0 Å². The van der Waals surface area contributed by atoms with Gasteiger partial charge in [-0.3, -0.25) is 0 Å². The second-order valence-electron chi connectivity index (χ2n) is 6.37. The fraction of sp³-hybridized carbons (Fsp3) is 0.100. The van der Waals surface area contributed by atoms with Crippen LogP contribution in [0.2, 0.25) is 0 Å². The third-order valence-corrected chi connectivity index (χ3v) is 4.48.